The molecule has 18 heavy (non-hydrogen) atoms. The van der Waals surface area contributed by atoms with Crippen molar-refractivity contribution in [2.45, 2.75) is 33.1 Å². The molecule has 0 aliphatic rings. The van der Waals surface area contributed by atoms with Crippen LogP contribution in [0.5, 0.6) is 0 Å². The summed E-state index contributed by atoms with van der Waals surface area (Å²) in [6.07, 6.45) is -0.697. The highest BCUT2D eigenvalue weighted by molar-refractivity contribution is 5.86. The van der Waals surface area contributed by atoms with Gasteiger partial charge in [-0.05, 0) is 6.92 Å². The van der Waals surface area contributed by atoms with Gasteiger partial charge in [-0.25, -0.2) is 13.6 Å². The molecule has 0 heterocycles. The SMILES string of the molecule is C=C(C)C(=O)OCCC(F)(F)COC(=O)C(C)C. The lowest BCUT2D eigenvalue weighted by molar-refractivity contribution is -0.162. The number of hydrogen-bond donors (Lipinski definition) is 0. The summed E-state index contributed by atoms with van der Waals surface area (Å²) in [7, 11) is 0. The zero-order chi connectivity index (χ0) is 14.3. The summed E-state index contributed by atoms with van der Waals surface area (Å²) in [6, 6.07) is 0. The Bertz CT molecular complexity index is 324. The number of halogens is 2. The number of ether oxygens (including phenoxy) is 2. The summed E-state index contributed by atoms with van der Waals surface area (Å²) in [5, 5.41) is 0. The maximum Gasteiger partial charge on any atom is 0.333 e. The summed E-state index contributed by atoms with van der Waals surface area (Å²) in [4.78, 5) is 21.9. The third-order valence-electron chi connectivity index (χ3n) is 1.95. The van der Waals surface area contributed by atoms with Gasteiger partial charge in [0, 0.05) is 12.0 Å². The molecule has 6 heteroatoms. The summed E-state index contributed by atoms with van der Waals surface area (Å²) in [5.74, 6) is -5.07. The van der Waals surface area contributed by atoms with E-state index in [1.54, 1.807) is 13.8 Å². The molecular formula is C12H18F2O4. The smallest absolute Gasteiger partial charge is 0.333 e. The maximum absolute atomic E-state index is 13.2. The molecule has 0 bridgehead atoms. The van der Waals surface area contributed by atoms with Gasteiger partial charge in [0.1, 0.15) is 0 Å². The predicted octanol–water partition coefficient (Wildman–Crippen LogP) is 2.33. The van der Waals surface area contributed by atoms with Crippen LogP contribution in [0.4, 0.5) is 8.78 Å². The summed E-state index contributed by atoms with van der Waals surface area (Å²) >= 11 is 0. The van der Waals surface area contributed by atoms with Crippen molar-refractivity contribution in [1.29, 1.82) is 0 Å². The highest BCUT2D eigenvalue weighted by Gasteiger charge is 2.31. The first-order valence-corrected chi connectivity index (χ1v) is 5.53. The molecule has 0 N–H and O–H groups in total. The Kier molecular flexibility index (Phi) is 6.51. The van der Waals surface area contributed by atoms with E-state index in [-0.39, 0.29) is 5.57 Å². The van der Waals surface area contributed by atoms with Crippen LogP contribution in [0.2, 0.25) is 0 Å². The normalized spacial score (nSPS) is 11.2. The Morgan fingerprint density at radius 2 is 1.83 bits per heavy atom. The largest absolute Gasteiger partial charge is 0.462 e. The Hall–Kier alpha value is -1.46. The molecule has 0 unspecified atom stereocenters. The number of rotatable bonds is 7. The molecule has 0 rings (SSSR count). The molecule has 0 radical (unpaired) electrons. The minimum atomic E-state index is -3.21. The summed E-state index contributed by atoms with van der Waals surface area (Å²) < 4.78 is 35.4. The Labute approximate surface area is 105 Å². The van der Waals surface area contributed by atoms with E-state index >= 15 is 0 Å². The second-order valence-electron chi connectivity index (χ2n) is 4.28. The Balaban J connectivity index is 3.97. The van der Waals surface area contributed by atoms with Gasteiger partial charge >= 0.3 is 11.9 Å². The molecule has 0 atom stereocenters. The fraction of sp³-hybridized carbons (Fsp3) is 0.667. The molecule has 0 amide bonds. The van der Waals surface area contributed by atoms with Gasteiger partial charge < -0.3 is 9.47 Å². The average Bonchev–Trinajstić information content (AvgIpc) is 2.25. The monoisotopic (exact) mass is 264 g/mol. The van der Waals surface area contributed by atoms with Gasteiger partial charge in [-0.3, -0.25) is 4.79 Å². The van der Waals surface area contributed by atoms with Crippen LogP contribution >= 0.6 is 0 Å². The first kappa shape index (κ1) is 16.5. The second kappa shape index (κ2) is 7.08. The van der Waals surface area contributed by atoms with Crippen molar-refractivity contribution >= 4 is 11.9 Å². The van der Waals surface area contributed by atoms with Gasteiger partial charge in [-0.2, -0.15) is 0 Å². The molecule has 0 saturated carbocycles. The standard InChI is InChI=1S/C12H18F2O4/c1-8(2)10(15)17-6-5-12(13,14)7-18-11(16)9(3)4/h9H,1,5-7H2,2-4H3. The van der Waals surface area contributed by atoms with Gasteiger partial charge in [0.25, 0.3) is 5.92 Å². The molecule has 0 saturated heterocycles. The van der Waals surface area contributed by atoms with Crippen molar-refractivity contribution in [2.75, 3.05) is 13.2 Å². The van der Waals surface area contributed by atoms with Gasteiger partial charge in [0.05, 0.1) is 12.5 Å². The van der Waals surface area contributed by atoms with Gasteiger partial charge in [0.2, 0.25) is 0 Å². The minimum Gasteiger partial charge on any atom is -0.462 e. The van der Waals surface area contributed by atoms with E-state index in [0.29, 0.717) is 0 Å². The molecule has 4 nitrogen and oxygen atoms in total. The van der Waals surface area contributed by atoms with E-state index in [1.807, 2.05) is 0 Å². The van der Waals surface area contributed by atoms with Crippen molar-refractivity contribution < 1.29 is 27.8 Å². The van der Waals surface area contributed by atoms with E-state index in [4.69, 9.17) is 0 Å². The maximum atomic E-state index is 13.2. The van der Waals surface area contributed by atoms with Crippen LogP contribution in [0.3, 0.4) is 0 Å². The van der Waals surface area contributed by atoms with E-state index < -0.39 is 43.4 Å². The van der Waals surface area contributed by atoms with Gasteiger partial charge in [0.15, 0.2) is 6.61 Å². The summed E-state index contributed by atoms with van der Waals surface area (Å²) in [5.41, 5.74) is 0.143. The van der Waals surface area contributed by atoms with Crippen LogP contribution < -0.4 is 0 Å². The third-order valence-corrected chi connectivity index (χ3v) is 1.95. The topological polar surface area (TPSA) is 52.6 Å². The van der Waals surface area contributed by atoms with Crippen LogP contribution in [0, 0.1) is 5.92 Å². The number of alkyl halides is 2. The van der Waals surface area contributed by atoms with Crippen molar-refractivity contribution in [3.63, 3.8) is 0 Å². The van der Waals surface area contributed by atoms with Crippen LogP contribution in [-0.4, -0.2) is 31.1 Å². The molecule has 0 aliphatic heterocycles. The number of carbonyl (C=O) groups excluding carboxylic acids is 2. The van der Waals surface area contributed by atoms with Crippen molar-refractivity contribution in [3.8, 4) is 0 Å². The van der Waals surface area contributed by atoms with Crippen LogP contribution in [-0.2, 0) is 19.1 Å². The van der Waals surface area contributed by atoms with E-state index in [9.17, 15) is 18.4 Å². The fourth-order valence-electron chi connectivity index (χ4n) is 0.832. The third kappa shape index (κ3) is 6.98. The highest BCUT2D eigenvalue weighted by atomic mass is 19.3. The number of esters is 2. The minimum absolute atomic E-state index is 0.143. The number of carbonyl (C=O) groups is 2. The molecule has 0 aromatic rings. The molecule has 0 spiro atoms. The van der Waals surface area contributed by atoms with Crippen molar-refractivity contribution in [3.05, 3.63) is 12.2 Å². The lowest BCUT2D eigenvalue weighted by atomic mass is 10.2. The lowest BCUT2D eigenvalue weighted by Gasteiger charge is -2.17. The molecular weight excluding hydrogens is 246 g/mol. The first-order chi connectivity index (χ1) is 8.15. The van der Waals surface area contributed by atoms with E-state index in [1.165, 1.54) is 6.92 Å². The van der Waals surface area contributed by atoms with Crippen molar-refractivity contribution in [1.82, 2.24) is 0 Å². The molecule has 104 valence electrons. The Morgan fingerprint density at radius 3 is 2.28 bits per heavy atom. The van der Waals surface area contributed by atoms with E-state index in [0.717, 1.165) is 0 Å². The lowest BCUT2D eigenvalue weighted by Crippen LogP contribution is -2.29. The average molecular weight is 264 g/mol. The quantitative estimate of drug-likeness (QED) is 0.523. The highest BCUT2D eigenvalue weighted by Crippen LogP contribution is 2.19. The predicted molar refractivity (Wildman–Crippen MR) is 61.1 cm³/mol. The van der Waals surface area contributed by atoms with Gasteiger partial charge in [-0.15, -0.1) is 0 Å². The summed E-state index contributed by atoms with van der Waals surface area (Å²) in [6.45, 7) is 6.39. The fourth-order valence-corrected chi connectivity index (χ4v) is 0.832. The number of hydrogen-bond acceptors (Lipinski definition) is 4. The van der Waals surface area contributed by atoms with Crippen LogP contribution in [0.1, 0.15) is 27.2 Å². The first-order valence-electron chi connectivity index (χ1n) is 5.53. The molecule has 0 fully saturated rings. The molecule has 0 aromatic heterocycles. The van der Waals surface area contributed by atoms with Crippen LogP contribution in [0.25, 0.3) is 0 Å². The zero-order valence-electron chi connectivity index (χ0n) is 10.8. The van der Waals surface area contributed by atoms with Crippen LogP contribution in [0.15, 0.2) is 12.2 Å². The van der Waals surface area contributed by atoms with Crippen molar-refractivity contribution in [2.24, 2.45) is 5.92 Å². The Morgan fingerprint density at radius 1 is 1.28 bits per heavy atom. The van der Waals surface area contributed by atoms with E-state index in [2.05, 4.69) is 16.1 Å². The molecule has 0 aliphatic carbocycles. The second-order valence-corrected chi connectivity index (χ2v) is 4.28. The van der Waals surface area contributed by atoms with Gasteiger partial charge in [-0.1, -0.05) is 20.4 Å². The zero-order valence-corrected chi connectivity index (χ0v) is 10.8. The molecule has 0 aromatic carbocycles.